The summed E-state index contributed by atoms with van der Waals surface area (Å²) in [6, 6.07) is 9.80. The first-order chi connectivity index (χ1) is 10.3. The molecule has 0 aliphatic carbocycles. The van der Waals surface area contributed by atoms with Gasteiger partial charge in [-0.25, -0.2) is 8.42 Å². The van der Waals surface area contributed by atoms with Gasteiger partial charge >= 0.3 is 0 Å². The third-order valence-corrected chi connectivity index (χ3v) is 4.48. The number of nitrogens with zero attached hydrogens (tertiary/aromatic N) is 1. The number of nitro groups is 1. The van der Waals surface area contributed by atoms with Crippen LogP contribution in [0.25, 0.3) is 0 Å². The predicted molar refractivity (Wildman–Crippen MR) is 85.8 cm³/mol. The molecular formula is C13H10Cl2N2O4S. The van der Waals surface area contributed by atoms with E-state index in [0.29, 0.717) is 10.6 Å². The maximum Gasteiger partial charge on any atom is 0.269 e. The van der Waals surface area contributed by atoms with Gasteiger partial charge in [0.2, 0.25) is 10.0 Å². The minimum Gasteiger partial charge on any atom is -0.282 e. The first kappa shape index (κ1) is 16.5. The van der Waals surface area contributed by atoms with Crippen LogP contribution in [-0.4, -0.2) is 13.3 Å². The van der Waals surface area contributed by atoms with Crippen LogP contribution in [0.5, 0.6) is 0 Å². The van der Waals surface area contributed by atoms with Gasteiger partial charge in [0.05, 0.1) is 21.4 Å². The van der Waals surface area contributed by atoms with E-state index < -0.39 is 20.7 Å². The van der Waals surface area contributed by atoms with Gasteiger partial charge in [0.25, 0.3) is 5.69 Å². The molecule has 0 unspecified atom stereocenters. The van der Waals surface area contributed by atoms with E-state index in [0.717, 1.165) is 0 Å². The van der Waals surface area contributed by atoms with Crippen molar-refractivity contribution >= 4 is 44.6 Å². The molecule has 0 aliphatic rings. The van der Waals surface area contributed by atoms with Gasteiger partial charge in [-0.1, -0.05) is 35.3 Å². The van der Waals surface area contributed by atoms with Crippen LogP contribution in [0.2, 0.25) is 10.0 Å². The average molecular weight is 361 g/mol. The van der Waals surface area contributed by atoms with E-state index in [-0.39, 0.29) is 16.4 Å². The molecule has 0 saturated carbocycles. The largest absolute Gasteiger partial charge is 0.282 e. The summed E-state index contributed by atoms with van der Waals surface area (Å²) >= 11 is 11.7. The fraction of sp³-hybridized carbons (Fsp3) is 0.0769. The molecule has 9 heteroatoms. The molecule has 0 spiro atoms. The van der Waals surface area contributed by atoms with Crippen molar-refractivity contribution in [3.05, 3.63) is 68.2 Å². The Morgan fingerprint density at radius 3 is 2.55 bits per heavy atom. The highest BCUT2D eigenvalue weighted by Gasteiger charge is 2.16. The highest BCUT2D eigenvalue weighted by atomic mass is 35.5. The molecular weight excluding hydrogens is 351 g/mol. The smallest absolute Gasteiger partial charge is 0.269 e. The van der Waals surface area contributed by atoms with Gasteiger partial charge in [-0.05, 0) is 23.8 Å². The van der Waals surface area contributed by atoms with Crippen molar-refractivity contribution < 1.29 is 13.3 Å². The first-order valence-electron chi connectivity index (χ1n) is 5.96. The van der Waals surface area contributed by atoms with Crippen LogP contribution in [0.15, 0.2) is 42.5 Å². The number of rotatable bonds is 5. The molecule has 0 aliphatic heterocycles. The number of anilines is 1. The van der Waals surface area contributed by atoms with Crippen molar-refractivity contribution in [2.45, 2.75) is 5.75 Å². The van der Waals surface area contributed by atoms with E-state index in [4.69, 9.17) is 23.2 Å². The molecule has 2 aromatic carbocycles. The van der Waals surface area contributed by atoms with Crippen molar-refractivity contribution in [2.24, 2.45) is 0 Å². The van der Waals surface area contributed by atoms with Crippen LogP contribution in [0.3, 0.4) is 0 Å². The number of nitro benzene ring substituents is 1. The van der Waals surface area contributed by atoms with Crippen molar-refractivity contribution in [3.63, 3.8) is 0 Å². The van der Waals surface area contributed by atoms with Crippen molar-refractivity contribution in [3.8, 4) is 0 Å². The van der Waals surface area contributed by atoms with Gasteiger partial charge in [0.15, 0.2) is 0 Å². The summed E-state index contributed by atoms with van der Waals surface area (Å²) in [7, 11) is -3.79. The maximum absolute atomic E-state index is 12.1. The Kier molecular flexibility index (Phi) is 4.90. The van der Waals surface area contributed by atoms with Gasteiger partial charge in [-0.2, -0.15) is 0 Å². The SMILES string of the molecule is O=[N+]([O-])c1cccc(CS(=O)(=O)Nc2cc(Cl)ccc2Cl)c1. The van der Waals surface area contributed by atoms with Gasteiger partial charge < -0.3 is 0 Å². The first-order valence-corrected chi connectivity index (χ1v) is 8.36. The average Bonchev–Trinajstić information content (AvgIpc) is 2.42. The van der Waals surface area contributed by atoms with Crippen LogP contribution >= 0.6 is 23.2 Å². The molecule has 6 nitrogen and oxygen atoms in total. The second-order valence-corrected chi connectivity index (χ2v) is 6.98. The predicted octanol–water partition coefficient (Wildman–Crippen LogP) is 3.84. The number of halogens is 2. The molecule has 2 aromatic rings. The van der Waals surface area contributed by atoms with Crippen LogP contribution < -0.4 is 4.72 Å². The third-order valence-electron chi connectivity index (χ3n) is 2.67. The fourth-order valence-electron chi connectivity index (χ4n) is 1.76. The Labute approximate surface area is 136 Å². The lowest BCUT2D eigenvalue weighted by Crippen LogP contribution is -2.15. The van der Waals surface area contributed by atoms with Crippen LogP contribution in [0.1, 0.15) is 5.56 Å². The topological polar surface area (TPSA) is 89.3 Å². The lowest BCUT2D eigenvalue weighted by atomic mass is 10.2. The Hall–Kier alpha value is -1.83. The van der Waals surface area contributed by atoms with Gasteiger partial charge in [0.1, 0.15) is 0 Å². The van der Waals surface area contributed by atoms with E-state index >= 15 is 0 Å². The molecule has 0 heterocycles. The second-order valence-electron chi connectivity index (χ2n) is 4.41. The maximum atomic E-state index is 12.1. The fourth-order valence-corrected chi connectivity index (χ4v) is 3.35. The molecule has 0 fully saturated rings. The number of benzene rings is 2. The van der Waals surface area contributed by atoms with E-state index in [9.17, 15) is 18.5 Å². The number of sulfonamides is 1. The molecule has 22 heavy (non-hydrogen) atoms. The van der Waals surface area contributed by atoms with Gasteiger partial charge in [-0.15, -0.1) is 0 Å². The Balaban J connectivity index is 2.23. The number of non-ortho nitro benzene ring substituents is 1. The molecule has 0 aromatic heterocycles. The van der Waals surface area contributed by atoms with Crippen molar-refractivity contribution in [1.82, 2.24) is 0 Å². The van der Waals surface area contributed by atoms with Crippen LogP contribution in [0.4, 0.5) is 11.4 Å². The molecule has 1 N–H and O–H groups in total. The summed E-state index contributed by atoms with van der Waals surface area (Å²) < 4.78 is 26.6. The third kappa shape index (κ3) is 4.33. The lowest BCUT2D eigenvalue weighted by molar-refractivity contribution is -0.384. The summed E-state index contributed by atoms with van der Waals surface area (Å²) in [6.45, 7) is 0. The molecule has 116 valence electrons. The zero-order valence-corrected chi connectivity index (χ0v) is 13.3. The Morgan fingerprint density at radius 1 is 1.14 bits per heavy atom. The molecule has 0 atom stereocenters. The minimum absolute atomic E-state index is 0.152. The normalized spacial score (nSPS) is 11.2. The summed E-state index contributed by atoms with van der Waals surface area (Å²) in [5.74, 6) is -0.419. The molecule has 0 amide bonds. The van der Waals surface area contributed by atoms with Crippen molar-refractivity contribution in [1.29, 1.82) is 0 Å². The van der Waals surface area contributed by atoms with Gasteiger partial charge in [-0.3, -0.25) is 14.8 Å². The zero-order chi connectivity index (χ0) is 16.3. The highest BCUT2D eigenvalue weighted by molar-refractivity contribution is 7.91. The molecule has 0 radical (unpaired) electrons. The van der Waals surface area contributed by atoms with E-state index in [1.807, 2.05) is 0 Å². The Morgan fingerprint density at radius 2 is 1.86 bits per heavy atom. The lowest BCUT2D eigenvalue weighted by Gasteiger charge is -2.10. The standard InChI is InChI=1S/C13H10Cl2N2O4S/c14-10-4-5-12(15)13(7-10)16-22(20,21)8-9-2-1-3-11(6-9)17(18)19/h1-7,16H,8H2. The van der Waals surface area contributed by atoms with Crippen molar-refractivity contribution in [2.75, 3.05) is 4.72 Å². The monoisotopic (exact) mass is 360 g/mol. The Bertz CT molecular complexity index is 825. The van der Waals surface area contributed by atoms with Crippen LogP contribution in [-0.2, 0) is 15.8 Å². The zero-order valence-electron chi connectivity index (χ0n) is 11.0. The summed E-state index contributed by atoms with van der Waals surface area (Å²) in [5, 5.41) is 11.2. The van der Waals surface area contributed by atoms with E-state index in [1.165, 1.54) is 42.5 Å². The summed E-state index contributed by atoms with van der Waals surface area (Å²) in [5.41, 5.74) is 0.271. The molecule has 0 saturated heterocycles. The summed E-state index contributed by atoms with van der Waals surface area (Å²) in [4.78, 5) is 10.1. The van der Waals surface area contributed by atoms with Gasteiger partial charge in [0, 0.05) is 17.2 Å². The number of nitrogens with one attached hydrogen (secondary N) is 1. The van der Waals surface area contributed by atoms with Crippen LogP contribution in [0, 0.1) is 10.1 Å². The number of hydrogen-bond donors (Lipinski definition) is 1. The summed E-state index contributed by atoms with van der Waals surface area (Å²) in [6.07, 6.45) is 0. The quantitative estimate of drug-likeness (QED) is 0.647. The highest BCUT2D eigenvalue weighted by Crippen LogP contribution is 2.27. The van der Waals surface area contributed by atoms with E-state index in [1.54, 1.807) is 0 Å². The molecule has 2 rings (SSSR count). The second kappa shape index (κ2) is 6.51. The molecule has 0 bridgehead atoms. The minimum atomic E-state index is -3.79. The number of hydrogen-bond acceptors (Lipinski definition) is 4. The van der Waals surface area contributed by atoms with E-state index in [2.05, 4.69) is 4.72 Å².